The second-order valence-electron chi connectivity index (χ2n) is 8.92. The third-order valence-electron chi connectivity index (χ3n) is 6.11. The number of ether oxygens (including phenoxy) is 1. The molecule has 1 aromatic heterocycles. The second-order valence-corrected chi connectivity index (χ2v) is 9.60. The number of likely N-dealkylation sites (N-methyl/N-ethyl adjacent to an activating group) is 1. The van der Waals surface area contributed by atoms with E-state index in [1.807, 2.05) is 0 Å². The molecule has 2 heterocycles. The lowest BCUT2D eigenvalue weighted by Gasteiger charge is -2.59. The Morgan fingerprint density at radius 1 is 1.11 bits per heavy atom. The van der Waals surface area contributed by atoms with Gasteiger partial charge in [0.15, 0.2) is 0 Å². The van der Waals surface area contributed by atoms with Gasteiger partial charge in [0, 0.05) is 29.6 Å². The molecule has 28 heavy (non-hydrogen) atoms. The fourth-order valence-corrected chi connectivity index (χ4v) is 4.87. The van der Waals surface area contributed by atoms with Gasteiger partial charge in [0.05, 0.1) is 6.10 Å². The van der Waals surface area contributed by atoms with Gasteiger partial charge in [-0.3, -0.25) is 4.90 Å². The number of nitrogens with zero attached hydrogens (tertiary/aromatic N) is 4. The molecular weight excluding hydrogens is 397 g/mol. The average Bonchev–Trinajstić information content (AvgIpc) is 2.58. The highest BCUT2D eigenvalue weighted by molar-refractivity contribution is 6.31. The van der Waals surface area contributed by atoms with Crippen molar-refractivity contribution in [1.82, 2.24) is 19.9 Å². The second kappa shape index (κ2) is 9.41. The number of rotatable bonds is 8. The summed E-state index contributed by atoms with van der Waals surface area (Å²) in [7, 11) is 2.20. The first kappa shape index (κ1) is 23.6. The van der Waals surface area contributed by atoms with Crippen molar-refractivity contribution < 1.29 is 4.74 Å². The van der Waals surface area contributed by atoms with Crippen molar-refractivity contribution in [3.05, 3.63) is 10.6 Å². The SMILES string of the molecule is CCCOC1C(C(CCC)Nc2nc(Cl)nc(Cl)n2)CC(C)(C)N(C)C1(C)C. The van der Waals surface area contributed by atoms with Crippen molar-refractivity contribution in [2.75, 3.05) is 19.0 Å². The van der Waals surface area contributed by atoms with Gasteiger partial charge in [-0.2, -0.15) is 15.0 Å². The molecule has 1 saturated heterocycles. The fourth-order valence-electron chi connectivity index (χ4n) is 4.50. The van der Waals surface area contributed by atoms with E-state index < -0.39 is 0 Å². The summed E-state index contributed by atoms with van der Waals surface area (Å²) in [5, 5.41) is 3.69. The van der Waals surface area contributed by atoms with E-state index in [-0.39, 0.29) is 33.8 Å². The van der Waals surface area contributed by atoms with Crippen LogP contribution in [0.4, 0.5) is 5.95 Å². The lowest BCUT2D eigenvalue weighted by Crippen LogP contribution is -2.68. The first-order chi connectivity index (χ1) is 13.0. The van der Waals surface area contributed by atoms with Crippen LogP contribution in [0.1, 0.15) is 67.2 Å². The van der Waals surface area contributed by atoms with Crippen LogP contribution >= 0.6 is 23.2 Å². The molecule has 6 nitrogen and oxygen atoms in total. The van der Waals surface area contributed by atoms with Crippen LogP contribution in [0, 0.1) is 5.92 Å². The van der Waals surface area contributed by atoms with E-state index in [1.165, 1.54) is 0 Å². The largest absolute Gasteiger partial charge is 0.376 e. The van der Waals surface area contributed by atoms with Gasteiger partial charge in [-0.25, -0.2) is 0 Å². The number of hydrogen-bond donors (Lipinski definition) is 1. The third kappa shape index (κ3) is 5.26. The predicted octanol–water partition coefficient (Wildman–Crippen LogP) is 5.06. The van der Waals surface area contributed by atoms with Crippen LogP contribution in [-0.2, 0) is 4.74 Å². The molecular formula is C20H35Cl2N5O. The Bertz CT molecular complexity index is 635. The quantitative estimate of drug-likeness (QED) is 0.619. The zero-order valence-electron chi connectivity index (χ0n) is 18.2. The van der Waals surface area contributed by atoms with E-state index in [0.717, 1.165) is 32.3 Å². The maximum absolute atomic E-state index is 6.45. The highest BCUT2D eigenvalue weighted by atomic mass is 35.5. The minimum absolute atomic E-state index is 0.0440. The van der Waals surface area contributed by atoms with Crippen molar-refractivity contribution in [3.8, 4) is 0 Å². The minimum Gasteiger partial charge on any atom is -0.376 e. The highest BCUT2D eigenvalue weighted by Crippen LogP contribution is 2.44. The van der Waals surface area contributed by atoms with E-state index in [4.69, 9.17) is 27.9 Å². The molecule has 0 saturated carbocycles. The first-order valence-electron chi connectivity index (χ1n) is 10.2. The Morgan fingerprint density at radius 3 is 2.25 bits per heavy atom. The molecule has 0 aromatic carbocycles. The summed E-state index contributed by atoms with van der Waals surface area (Å²) in [4.78, 5) is 14.7. The van der Waals surface area contributed by atoms with Gasteiger partial charge < -0.3 is 10.1 Å². The summed E-state index contributed by atoms with van der Waals surface area (Å²) >= 11 is 12.0. The van der Waals surface area contributed by atoms with E-state index in [2.05, 4.69) is 73.8 Å². The summed E-state index contributed by atoms with van der Waals surface area (Å²) in [6, 6.07) is 0.147. The molecule has 160 valence electrons. The molecule has 3 unspecified atom stereocenters. The third-order valence-corrected chi connectivity index (χ3v) is 6.44. The molecule has 2 rings (SSSR count). The molecule has 8 heteroatoms. The maximum Gasteiger partial charge on any atom is 0.228 e. The zero-order valence-corrected chi connectivity index (χ0v) is 19.7. The first-order valence-corrected chi connectivity index (χ1v) is 11.0. The van der Waals surface area contributed by atoms with Crippen molar-refractivity contribution in [3.63, 3.8) is 0 Å². The summed E-state index contributed by atoms with van der Waals surface area (Å²) in [6.45, 7) is 14.3. The van der Waals surface area contributed by atoms with Crippen LogP contribution < -0.4 is 5.32 Å². The van der Waals surface area contributed by atoms with Gasteiger partial charge in [-0.05, 0) is 77.2 Å². The summed E-state index contributed by atoms with van der Waals surface area (Å²) in [6.07, 6.45) is 4.11. The molecule has 0 spiro atoms. The summed E-state index contributed by atoms with van der Waals surface area (Å²) in [5.41, 5.74) is -0.0635. The Labute approximate surface area is 179 Å². The molecule has 0 amide bonds. The summed E-state index contributed by atoms with van der Waals surface area (Å²) < 4.78 is 6.45. The van der Waals surface area contributed by atoms with Gasteiger partial charge in [0.2, 0.25) is 16.5 Å². The number of nitrogens with one attached hydrogen (secondary N) is 1. The van der Waals surface area contributed by atoms with Crippen LogP contribution in [0.3, 0.4) is 0 Å². The number of anilines is 1. The highest BCUT2D eigenvalue weighted by Gasteiger charge is 2.52. The predicted molar refractivity (Wildman–Crippen MR) is 116 cm³/mol. The van der Waals surface area contributed by atoms with E-state index in [9.17, 15) is 0 Å². The van der Waals surface area contributed by atoms with Gasteiger partial charge in [0.25, 0.3) is 0 Å². The van der Waals surface area contributed by atoms with Gasteiger partial charge in [-0.1, -0.05) is 20.3 Å². The number of aromatic nitrogens is 3. The van der Waals surface area contributed by atoms with Crippen LogP contribution in [0.25, 0.3) is 0 Å². The molecule has 1 fully saturated rings. The summed E-state index contributed by atoms with van der Waals surface area (Å²) in [5.74, 6) is 0.717. The van der Waals surface area contributed by atoms with Crippen LogP contribution in [0.2, 0.25) is 10.6 Å². The van der Waals surface area contributed by atoms with Gasteiger partial charge >= 0.3 is 0 Å². The molecule has 1 aliphatic rings. The lowest BCUT2D eigenvalue weighted by atomic mass is 9.68. The standard InChI is InChI=1S/C20H35Cl2N5O/c1-8-10-14(23-18-25-16(21)24-17(22)26-18)13-12-19(3,4)27(7)20(5,6)15(13)28-11-9-2/h13-15H,8-12H2,1-7H3,(H,23,24,25,26). The molecule has 1 N–H and O–H groups in total. The van der Waals surface area contributed by atoms with Crippen molar-refractivity contribution in [2.45, 2.75) is 90.4 Å². The van der Waals surface area contributed by atoms with Crippen molar-refractivity contribution >= 4 is 29.2 Å². The minimum atomic E-state index is -0.107. The van der Waals surface area contributed by atoms with Gasteiger partial charge in [-0.15, -0.1) is 0 Å². The maximum atomic E-state index is 6.45. The zero-order chi connectivity index (χ0) is 21.1. The van der Waals surface area contributed by atoms with E-state index in [0.29, 0.717) is 11.9 Å². The van der Waals surface area contributed by atoms with E-state index in [1.54, 1.807) is 0 Å². The molecule has 0 bridgehead atoms. The smallest absolute Gasteiger partial charge is 0.228 e. The molecule has 0 radical (unpaired) electrons. The topological polar surface area (TPSA) is 63.2 Å². The van der Waals surface area contributed by atoms with Crippen molar-refractivity contribution in [1.29, 1.82) is 0 Å². The lowest BCUT2D eigenvalue weighted by molar-refractivity contribution is -0.153. The molecule has 0 aliphatic carbocycles. The average molecular weight is 432 g/mol. The number of halogens is 2. The Balaban J connectivity index is 2.39. The number of hydrogen-bond acceptors (Lipinski definition) is 6. The van der Waals surface area contributed by atoms with Crippen molar-refractivity contribution in [2.24, 2.45) is 5.92 Å². The number of likely N-dealkylation sites (tertiary alicyclic amines) is 1. The van der Waals surface area contributed by atoms with Gasteiger partial charge in [0.1, 0.15) is 0 Å². The van der Waals surface area contributed by atoms with Crippen LogP contribution in [0.5, 0.6) is 0 Å². The molecule has 1 aromatic rings. The van der Waals surface area contributed by atoms with Crippen LogP contribution in [0.15, 0.2) is 0 Å². The Hall–Kier alpha value is -0.690. The Kier molecular flexibility index (Phi) is 7.93. The monoisotopic (exact) mass is 431 g/mol. The molecule has 3 atom stereocenters. The Morgan fingerprint density at radius 2 is 1.71 bits per heavy atom. The van der Waals surface area contributed by atoms with E-state index >= 15 is 0 Å². The number of piperidine rings is 1. The fraction of sp³-hybridized carbons (Fsp3) is 0.850. The molecule has 1 aliphatic heterocycles. The van der Waals surface area contributed by atoms with Crippen LogP contribution in [-0.4, -0.2) is 56.7 Å². The normalized spacial score (nSPS) is 25.5.